The number of methoxy groups -OCH3 is 1. The Morgan fingerprint density at radius 1 is 1.67 bits per heavy atom. The summed E-state index contributed by atoms with van der Waals surface area (Å²) in [6.07, 6.45) is 0.868. The third-order valence-corrected chi connectivity index (χ3v) is 3.12. The molecule has 0 bridgehead atoms. The van der Waals surface area contributed by atoms with Crippen molar-refractivity contribution < 1.29 is 4.74 Å². The molecule has 5 heteroatoms. The number of hydrogen-bond donors (Lipinski definition) is 0. The molecule has 0 saturated carbocycles. The average molecular weight is 251 g/mol. The highest BCUT2D eigenvalue weighted by Crippen LogP contribution is 2.27. The van der Waals surface area contributed by atoms with Crippen molar-refractivity contribution in [1.82, 2.24) is 9.36 Å². The molecule has 0 aliphatic rings. The largest absolute Gasteiger partial charge is 0.370 e. The summed E-state index contributed by atoms with van der Waals surface area (Å²) in [7, 11) is 1.68. The lowest BCUT2D eigenvalue weighted by atomic mass is 10.0. The third kappa shape index (κ3) is 1.84. The molecule has 0 amide bonds. The van der Waals surface area contributed by atoms with Crippen molar-refractivity contribution in [3.8, 4) is 0 Å². The molecule has 0 spiro atoms. The van der Waals surface area contributed by atoms with Gasteiger partial charge in [-0.1, -0.05) is 6.92 Å². The van der Waals surface area contributed by atoms with E-state index in [4.69, 9.17) is 4.74 Å². The standard InChI is InChI=1S/C7H11BrN2OS/c1-4-7(2,11-3)5-9-6(8)12-10-5/h4H2,1-3H3. The van der Waals surface area contributed by atoms with Crippen LogP contribution in [0.25, 0.3) is 0 Å². The van der Waals surface area contributed by atoms with Crippen molar-refractivity contribution >= 4 is 27.5 Å². The highest BCUT2D eigenvalue weighted by Gasteiger charge is 2.28. The van der Waals surface area contributed by atoms with Crippen LogP contribution in [0.15, 0.2) is 3.92 Å². The van der Waals surface area contributed by atoms with Gasteiger partial charge in [0, 0.05) is 7.11 Å². The van der Waals surface area contributed by atoms with Gasteiger partial charge in [0.05, 0.1) is 0 Å². The summed E-state index contributed by atoms with van der Waals surface area (Å²) in [5.74, 6) is 0.754. The van der Waals surface area contributed by atoms with E-state index >= 15 is 0 Å². The Bertz CT molecular complexity index is 260. The molecule has 0 aliphatic heterocycles. The second kappa shape index (κ2) is 3.81. The molecule has 3 nitrogen and oxygen atoms in total. The van der Waals surface area contributed by atoms with Gasteiger partial charge < -0.3 is 4.74 Å². The smallest absolute Gasteiger partial charge is 0.179 e. The van der Waals surface area contributed by atoms with E-state index in [-0.39, 0.29) is 5.60 Å². The molecule has 0 radical (unpaired) electrons. The molecular weight excluding hydrogens is 240 g/mol. The van der Waals surface area contributed by atoms with E-state index in [9.17, 15) is 0 Å². The quantitative estimate of drug-likeness (QED) is 0.828. The van der Waals surface area contributed by atoms with E-state index in [1.54, 1.807) is 7.11 Å². The van der Waals surface area contributed by atoms with Gasteiger partial charge in [-0.15, -0.1) is 0 Å². The second-order valence-electron chi connectivity index (χ2n) is 2.66. The minimum absolute atomic E-state index is 0.345. The van der Waals surface area contributed by atoms with Gasteiger partial charge in [-0.2, -0.15) is 4.37 Å². The van der Waals surface area contributed by atoms with E-state index in [1.165, 1.54) is 11.5 Å². The first-order chi connectivity index (χ1) is 5.62. The van der Waals surface area contributed by atoms with Crippen molar-refractivity contribution in [2.45, 2.75) is 25.9 Å². The lowest BCUT2D eigenvalue weighted by Gasteiger charge is -2.22. The fourth-order valence-corrected chi connectivity index (χ4v) is 1.72. The summed E-state index contributed by atoms with van der Waals surface area (Å²) in [6.45, 7) is 4.04. The number of halogens is 1. The minimum Gasteiger partial charge on any atom is -0.370 e. The molecule has 1 unspecified atom stereocenters. The molecular formula is C7H11BrN2OS. The number of hydrogen-bond acceptors (Lipinski definition) is 4. The van der Waals surface area contributed by atoms with Crippen LogP contribution >= 0.6 is 27.5 Å². The zero-order valence-corrected chi connectivity index (χ0v) is 9.70. The maximum Gasteiger partial charge on any atom is 0.179 e. The maximum atomic E-state index is 5.35. The van der Waals surface area contributed by atoms with Gasteiger partial charge >= 0.3 is 0 Å². The van der Waals surface area contributed by atoms with Crippen LogP contribution in [0.4, 0.5) is 0 Å². The maximum absolute atomic E-state index is 5.35. The zero-order chi connectivity index (χ0) is 9.19. The Morgan fingerprint density at radius 3 is 2.67 bits per heavy atom. The predicted molar refractivity (Wildman–Crippen MR) is 52.3 cm³/mol. The van der Waals surface area contributed by atoms with Gasteiger partial charge in [-0.3, -0.25) is 0 Å². The summed E-state index contributed by atoms with van der Waals surface area (Å²) >= 11 is 4.61. The number of nitrogens with zero attached hydrogens (tertiary/aromatic N) is 2. The van der Waals surface area contributed by atoms with Crippen LogP contribution in [0.1, 0.15) is 26.1 Å². The molecule has 1 heterocycles. The average Bonchev–Trinajstić information content (AvgIpc) is 2.51. The molecule has 12 heavy (non-hydrogen) atoms. The first-order valence-electron chi connectivity index (χ1n) is 3.67. The predicted octanol–water partition coefficient (Wildman–Crippen LogP) is 2.57. The van der Waals surface area contributed by atoms with Crippen molar-refractivity contribution in [3.63, 3.8) is 0 Å². The molecule has 1 rings (SSSR count). The third-order valence-electron chi connectivity index (χ3n) is 2.00. The van der Waals surface area contributed by atoms with E-state index in [0.29, 0.717) is 0 Å². The van der Waals surface area contributed by atoms with Gasteiger partial charge in [0.2, 0.25) is 0 Å². The van der Waals surface area contributed by atoms with Gasteiger partial charge in [-0.05, 0) is 40.8 Å². The molecule has 68 valence electrons. The Kier molecular flexibility index (Phi) is 3.20. The Balaban J connectivity index is 2.94. The van der Waals surface area contributed by atoms with Gasteiger partial charge in [0.25, 0.3) is 0 Å². The minimum atomic E-state index is -0.345. The summed E-state index contributed by atoms with van der Waals surface area (Å²) in [5, 5.41) is 0. The highest BCUT2D eigenvalue weighted by atomic mass is 79.9. The molecule has 0 fully saturated rings. The van der Waals surface area contributed by atoms with E-state index in [1.807, 2.05) is 6.92 Å². The van der Waals surface area contributed by atoms with Crippen LogP contribution in [-0.2, 0) is 10.3 Å². The fourth-order valence-electron chi connectivity index (χ4n) is 0.814. The van der Waals surface area contributed by atoms with Crippen molar-refractivity contribution in [3.05, 3.63) is 9.74 Å². The van der Waals surface area contributed by atoms with Gasteiger partial charge in [0.15, 0.2) is 9.74 Å². The summed E-state index contributed by atoms with van der Waals surface area (Å²) in [6, 6.07) is 0. The second-order valence-corrected chi connectivity index (χ2v) is 4.69. The van der Waals surface area contributed by atoms with Crippen LogP contribution in [-0.4, -0.2) is 16.5 Å². The van der Waals surface area contributed by atoms with Crippen molar-refractivity contribution in [2.75, 3.05) is 7.11 Å². The van der Waals surface area contributed by atoms with E-state index < -0.39 is 0 Å². The summed E-state index contributed by atoms with van der Waals surface area (Å²) < 4.78 is 10.3. The molecule has 1 aromatic heterocycles. The normalized spacial score (nSPS) is 16.0. The highest BCUT2D eigenvalue weighted by molar-refractivity contribution is 9.11. The first kappa shape index (κ1) is 10.1. The monoisotopic (exact) mass is 250 g/mol. The first-order valence-corrected chi connectivity index (χ1v) is 5.24. The molecule has 0 aromatic carbocycles. The molecule has 0 aliphatic carbocycles. The lowest BCUT2D eigenvalue weighted by Crippen LogP contribution is -2.24. The van der Waals surface area contributed by atoms with Crippen LogP contribution in [0.3, 0.4) is 0 Å². The van der Waals surface area contributed by atoms with Gasteiger partial charge in [-0.25, -0.2) is 4.98 Å². The summed E-state index contributed by atoms with van der Waals surface area (Å²) in [4.78, 5) is 4.22. The SMILES string of the molecule is CCC(C)(OC)c1nsc(Br)n1. The topological polar surface area (TPSA) is 35.0 Å². The zero-order valence-electron chi connectivity index (χ0n) is 7.30. The Labute approximate surface area is 84.5 Å². The van der Waals surface area contributed by atoms with E-state index in [0.717, 1.165) is 16.2 Å². The Hall–Kier alpha value is -0.0000000000000000555. The Morgan fingerprint density at radius 2 is 2.33 bits per heavy atom. The van der Waals surface area contributed by atoms with Crippen molar-refractivity contribution in [2.24, 2.45) is 0 Å². The van der Waals surface area contributed by atoms with E-state index in [2.05, 4.69) is 32.2 Å². The van der Waals surface area contributed by atoms with Crippen LogP contribution < -0.4 is 0 Å². The van der Waals surface area contributed by atoms with Crippen LogP contribution in [0, 0.1) is 0 Å². The molecule has 0 N–H and O–H groups in total. The number of ether oxygens (including phenoxy) is 1. The lowest BCUT2D eigenvalue weighted by molar-refractivity contribution is -0.00807. The van der Waals surface area contributed by atoms with Crippen molar-refractivity contribution in [1.29, 1.82) is 0 Å². The molecule has 0 saturated heterocycles. The van der Waals surface area contributed by atoms with Gasteiger partial charge in [0.1, 0.15) is 5.60 Å². The number of rotatable bonds is 3. The van der Waals surface area contributed by atoms with Crippen LogP contribution in [0.5, 0.6) is 0 Å². The molecule has 1 atom stereocenters. The number of aromatic nitrogens is 2. The fraction of sp³-hybridized carbons (Fsp3) is 0.714. The summed E-state index contributed by atoms with van der Waals surface area (Å²) in [5.41, 5.74) is -0.345. The van der Waals surface area contributed by atoms with Crippen LogP contribution in [0.2, 0.25) is 0 Å². The molecule has 1 aromatic rings.